The van der Waals surface area contributed by atoms with Gasteiger partial charge in [0, 0.05) is 12.6 Å². The number of hydrogen-bond donors (Lipinski definition) is 1. The number of ether oxygens (including phenoxy) is 1. The maximum Gasteiger partial charge on any atom is 0.121 e. The van der Waals surface area contributed by atoms with E-state index in [0.29, 0.717) is 6.04 Å². The molecule has 1 aliphatic carbocycles. The molecule has 1 fully saturated rings. The van der Waals surface area contributed by atoms with Gasteiger partial charge in [0.15, 0.2) is 0 Å². The van der Waals surface area contributed by atoms with Gasteiger partial charge in [-0.3, -0.25) is 0 Å². The first kappa shape index (κ1) is 13.4. The van der Waals surface area contributed by atoms with Crippen LogP contribution >= 0.6 is 0 Å². The van der Waals surface area contributed by atoms with Crippen LogP contribution in [0, 0.1) is 12.8 Å². The molecule has 18 heavy (non-hydrogen) atoms. The minimum Gasteiger partial charge on any atom is -0.496 e. The molecule has 100 valence electrons. The zero-order valence-corrected chi connectivity index (χ0v) is 11.8. The highest BCUT2D eigenvalue weighted by Gasteiger charge is 2.24. The Bertz CT molecular complexity index is 385. The molecule has 1 unspecified atom stereocenters. The van der Waals surface area contributed by atoms with Crippen LogP contribution in [0.2, 0.25) is 0 Å². The summed E-state index contributed by atoms with van der Waals surface area (Å²) < 4.78 is 5.29. The Hall–Kier alpha value is -1.02. The van der Waals surface area contributed by atoms with Crippen LogP contribution in [0.4, 0.5) is 0 Å². The third-order valence-electron chi connectivity index (χ3n) is 3.86. The molecule has 1 saturated carbocycles. The largest absolute Gasteiger partial charge is 0.496 e. The Morgan fingerprint density at radius 3 is 2.72 bits per heavy atom. The van der Waals surface area contributed by atoms with E-state index in [-0.39, 0.29) is 0 Å². The fourth-order valence-corrected chi connectivity index (χ4v) is 2.46. The van der Waals surface area contributed by atoms with E-state index in [0.717, 1.165) is 18.2 Å². The van der Waals surface area contributed by atoms with Crippen molar-refractivity contribution in [1.82, 2.24) is 5.32 Å². The van der Waals surface area contributed by atoms with Crippen LogP contribution in [0.25, 0.3) is 0 Å². The second-order valence-corrected chi connectivity index (χ2v) is 5.47. The second-order valence-electron chi connectivity index (χ2n) is 5.47. The van der Waals surface area contributed by atoms with Gasteiger partial charge in [-0.25, -0.2) is 0 Å². The van der Waals surface area contributed by atoms with Gasteiger partial charge < -0.3 is 10.1 Å². The average molecular weight is 247 g/mol. The minimum atomic E-state index is 0.680. The van der Waals surface area contributed by atoms with E-state index in [1.165, 1.54) is 36.8 Å². The molecule has 2 rings (SSSR count). The molecule has 2 nitrogen and oxygen atoms in total. The molecule has 1 atom stereocenters. The molecule has 0 radical (unpaired) electrons. The SMILES string of the molecule is CCC(CC1CC1)NCc1ccc(OC)c(C)c1. The van der Waals surface area contributed by atoms with Crippen molar-refractivity contribution in [2.75, 3.05) is 7.11 Å². The van der Waals surface area contributed by atoms with E-state index in [9.17, 15) is 0 Å². The van der Waals surface area contributed by atoms with Crippen LogP contribution < -0.4 is 10.1 Å². The van der Waals surface area contributed by atoms with Gasteiger partial charge in [-0.15, -0.1) is 0 Å². The van der Waals surface area contributed by atoms with Gasteiger partial charge in [0.05, 0.1) is 7.11 Å². The standard InChI is InChI=1S/C16H25NO/c1-4-15(10-13-5-6-13)17-11-14-7-8-16(18-3)12(2)9-14/h7-9,13,15,17H,4-6,10-11H2,1-3H3. The lowest BCUT2D eigenvalue weighted by molar-refractivity contribution is 0.411. The van der Waals surface area contributed by atoms with E-state index in [1.807, 2.05) is 0 Å². The second kappa shape index (κ2) is 6.24. The van der Waals surface area contributed by atoms with Gasteiger partial charge in [0.1, 0.15) is 5.75 Å². The summed E-state index contributed by atoms with van der Waals surface area (Å²) >= 11 is 0. The van der Waals surface area contributed by atoms with Crippen LogP contribution in [0.5, 0.6) is 5.75 Å². The lowest BCUT2D eigenvalue weighted by atomic mass is 10.1. The van der Waals surface area contributed by atoms with Crippen LogP contribution in [0.3, 0.4) is 0 Å². The van der Waals surface area contributed by atoms with Gasteiger partial charge in [0.2, 0.25) is 0 Å². The number of rotatable bonds is 7. The predicted octanol–water partition coefficient (Wildman–Crippen LogP) is 3.67. The van der Waals surface area contributed by atoms with E-state index in [1.54, 1.807) is 7.11 Å². The fraction of sp³-hybridized carbons (Fsp3) is 0.625. The third-order valence-corrected chi connectivity index (χ3v) is 3.86. The van der Waals surface area contributed by atoms with Crippen molar-refractivity contribution in [3.8, 4) is 5.75 Å². The molecule has 1 aromatic carbocycles. The van der Waals surface area contributed by atoms with Crippen LogP contribution in [0.1, 0.15) is 43.7 Å². The van der Waals surface area contributed by atoms with Crippen LogP contribution in [-0.2, 0) is 6.54 Å². The van der Waals surface area contributed by atoms with Crippen molar-refractivity contribution in [1.29, 1.82) is 0 Å². The van der Waals surface area contributed by atoms with Gasteiger partial charge in [-0.05, 0) is 42.9 Å². The monoisotopic (exact) mass is 247 g/mol. The van der Waals surface area contributed by atoms with Crippen molar-refractivity contribution < 1.29 is 4.74 Å². The van der Waals surface area contributed by atoms with Crippen molar-refractivity contribution in [2.24, 2.45) is 5.92 Å². The van der Waals surface area contributed by atoms with Crippen LogP contribution in [-0.4, -0.2) is 13.2 Å². The topological polar surface area (TPSA) is 21.3 Å². The highest BCUT2D eigenvalue weighted by atomic mass is 16.5. The molecule has 2 heteroatoms. The third kappa shape index (κ3) is 3.74. The van der Waals surface area contributed by atoms with Crippen molar-refractivity contribution in [2.45, 2.75) is 52.1 Å². The normalized spacial score (nSPS) is 16.6. The number of benzene rings is 1. The highest BCUT2D eigenvalue weighted by molar-refractivity contribution is 5.36. The zero-order chi connectivity index (χ0) is 13.0. The Morgan fingerprint density at radius 1 is 1.39 bits per heavy atom. The number of methoxy groups -OCH3 is 1. The predicted molar refractivity (Wildman–Crippen MR) is 76.0 cm³/mol. The first-order chi connectivity index (χ1) is 8.72. The van der Waals surface area contributed by atoms with Gasteiger partial charge >= 0.3 is 0 Å². The molecule has 0 heterocycles. The summed E-state index contributed by atoms with van der Waals surface area (Å²) in [7, 11) is 1.73. The first-order valence-corrected chi connectivity index (χ1v) is 7.09. The maximum atomic E-state index is 5.29. The van der Waals surface area contributed by atoms with E-state index in [4.69, 9.17) is 4.74 Å². The molecule has 0 bridgehead atoms. The summed E-state index contributed by atoms with van der Waals surface area (Å²) in [6, 6.07) is 7.12. The van der Waals surface area contributed by atoms with Crippen LogP contribution in [0.15, 0.2) is 18.2 Å². The maximum absolute atomic E-state index is 5.29. The quantitative estimate of drug-likeness (QED) is 0.793. The molecule has 0 spiro atoms. The lowest BCUT2D eigenvalue weighted by Gasteiger charge is -2.17. The summed E-state index contributed by atoms with van der Waals surface area (Å²) in [4.78, 5) is 0. The number of hydrogen-bond acceptors (Lipinski definition) is 2. The van der Waals surface area contributed by atoms with Gasteiger partial charge in [-0.2, -0.15) is 0 Å². The molecule has 1 N–H and O–H groups in total. The van der Waals surface area contributed by atoms with E-state index in [2.05, 4.69) is 37.4 Å². The molecular weight excluding hydrogens is 222 g/mol. The van der Waals surface area contributed by atoms with E-state index < -0.39 is 0 Å². The summed E-state index contributed by atoms with van der Waals surface area (Å²) in [6.07, 6.45) is 5.47. The first-order valence-electron chi connectivity index (χ1n) is 7.09. The van der Waals surface area contributed by atoms with Gasteiger partial charge in [-0.1, -0.05) is 31.9 Å². The summed E-state index contributed by atoms with van der Waals surface area (Å²) in [5.41, 5.74) is 2.56. The van der Waals surface area contributed by atoms with E-state index >= 15 is 0 Å². The summed E-state index contributed by atoms with van der Waals surface area (Å²) in [5, 5.41) is 3.68. The Kier molecular flexibility index (Phi) is 4.65. The van der Waals surface area contributed by atoms with Crippen molar-refractivity contribution in [3.05, 3.63) is 29.3 Å². The Morgan fingerprint density at radius 2 is 2.17 bits per heavy atom. The molecule has 1 aromatic rings. The Balaban J connectivity index is 1.86. The number of nitrogens with one attached hydrogen (secondary N) is 1. The molecule has 1 aliphatic rings. The summed E-state index contributed by atoms with van der Waals surface area (Å²) in [6.45, 7) is 5.35. The molecule has 0 amide bonds. The lowest BCUT2D eigenvalue weighted by Crippen LogP contribution is -2.28. The summed E-state index contributed by atoms with van der Waals surface area (Å²) in [5.74, 6) is 1.98. The minimum absolute atomic E-state index is 0.680. The molecular formula is C16H25NO. The fourth-order valence-electron chi connectivity index (χ4n) is 2.46. The number of aryl methyl sites for hydroxylation is 1. The molecule has 0 aromatic heterocycles. The van der Waals surface area contributed by atoms with Crippen molar-refractivity contribution in [3.63, 3.8) is 0 Å². The highest BCUT2D eigenvalue weighted by Crippen LogP contribution is 2.34. The average Bonchev–Trinajstić information content (AvgIpc) is 3.18. The van der Waals surface area contributed by atoms with Crippen molar-refractivity contribution >= 4 is 0 Å². The van der Waals surface area contributed by atoms with Gasteiger partial charge in [0.25, 0.3) is 0 Å². The molecule has 0 aliphatic heterocycles. The Labute approximate surface area is 111 Å². The molecule has 0 saturated heterocycles. The smallest absolute Gasteiger partial charge is 0.121 e. The zero-order valence-electron chi connectivity index (χ0n) is 11.8.